The molecule has 0 amide bonds. The number of fused-ring (bicyclic) bond motifs is 1. The maximum Gasteiger partial charge on any atom is 0.0615 e. The Morgan fingerprint density at radius 1 is 1.53 bits per heavy atom. The summed E-state index contributed by atoms with van der Waals surface area (Å²) in [6.45, 7) is 2.99. The van der Waals surface area contributed by atoms with Gasteiger partial charge in [-0.3, -0.25) is 0 Å². The molecule has 2 unspecified atom stereocenters. The molecule has 1 aliphatic carbocycles. The molecule has 0 saturated carbocycles. The molecule has 0 aromatic heterocycles. The van der Waals surface area contributed by atoms with Crippen LogP contribution in [0.3, 0.4) is 0 Å². The van der Waals surface area contributed by atoms with Gasteiger partial charge in [-0.05, 0) is 42.5 Å². The molecule has 2 atom stereocenters. The van der Waals surface area contributed by atoms with E-state index in [-0.39, 0.29) is 0 Å². The molecule has 1 aliphatic rings. The molecule has 1 aromatic rings. The molecule has 0 spiro atoms. The van der Waals surface area contributed by atoms with Crippen LogP contribution in [0.1, 0.15) is 36.9 Å². The molecule has 0 aliphatic heterocycles. The molecular weight excluding hydrogens is 278 g/mol. The Hall–Kier alpha value is -0.380. The molecular formula is C14H20BrNO. The summed E-state index contributed by atoms with van der Waals surface area (Å²) in [5.41, 5.74) is 2.94. The van der Waals surface area contributed by atoms with Crippen molar-refractivity contribution in [2.45, 2.75) is 38.3 Å². The second kappa shape index (κ2) is 5.98. The largest absolute Gasteiger partial charge is 0.383 e. The van der Waals surface area contributed by atoms with E-state index in [2.05, 4.69) is 46.4 Å². The maximum atomic E-state index is 5.24. The fraction of sp³-hybridized carbons (Fsp3) is 0.571. The van der Waals surface area contributed by atoms with Gasteiger partial charge in [0.1, 0.15) is 0 Å². The average molecular weight is 298 g/mol. The van der Waals surface area contributed by atoms with E-state index in [1.54, 1.807) is 7.11 Å². The minimum atomic E-state index is 0.458. The molecule has 0 heterocycles. The number of benzene rings is 1. The van der Waals surface area contributed by atoms with Crippen LogP contribution >= 0.6 is 15.9 Å². The van der Waals surface area contributed by atoms with E-state index in [0.29, 0.717) is 12.1 Å². The predicted octanol–water partition coefficient (Wildman–Crippen LogP) is 3.45. The second-order valence-electron chi connectivity index (χ2n) is 4.66. The summed E-state index contributed by atoms with van der Waals surface area (Å²) in [5, 5.41) is 3.70. The molecule has 0 bridgehead atoms. The number of rotatable bonds is 5. The van der Waals surface area contributed by atoms with Crippen molar-refractivity contribution in [3.05, 3.63) is 33.8 Å². The van der Waals surface area contributed by atoms with E-state index in [4.69, 9.17) is 4.74 Å². The first kappa shape index (κ1) is 13.1. The van der Waals surface area contributed by atoms with Gasteiger partial charge in [-0.1, -0.05) is 28.9 Å². The van der Waals surface area contributed by atoms with Crippen molar-refractivity contribution in [3.8, 4) is 0 Å². The van der Waals surface area contributed by atoms with Crippen LogP contribution in [0.5, 0.6) is 0 Å². The number of halogens is 1. The third kappa shape index (κ3) is 3.09. The van der Waals surface area contributed by atoms with Crippen molar-refractivity contribution in [2.75, 3.05) is 13.7 Å². The van der Waals surface area contributed by atoms with E-state index < -0.39 is 0 Å². The van der Waals surface area contributed by atoms with Gasteiger partial charge in [-0.2, -0.15) is 0 Å². The van der Waals surface area contributed by atoms with Gasteiger partial charge in [-0.25, -0.2) is 0 Å². The summed E-state index contributed by atoms with van der Waals surface area (Å²) in [4.78, 5) is 0. The van der Waals surface area contributed by atoms with Gasteiger partial charge in [0.25, 0.3) is 0 Å². The fourth-order valence-electron chi connectivity index (χ4n) is 2.53. The van der Waals surface area contributed by atoms with E-state index in [9.17, 15) is 0 Å². The number of hydrogen-bond acceptors (Lipinski definition) is 2. The van der Waals surface area contributed by atoms with Gasteiger partial charge in [0, 0.05) is 23.7 Å². The molecule has 0 saturated heterocycles. The third-order valence-corrected chi connectivity index (χ3v) is 3.97. The number of aryl methyl sites for hydroxylation is 1. The highest BCUT2D eigenvalue weighted by atomic mass is 79.9. The lowest BCUT2D eigenvalue weighted by Crippen LogP contribution is -2.34. The van der Waals surface area contributed by atoms with Crippen molar-refractivity contribution >= 4 is 15.9 Å². The minimum absolute atomic E-state index is 0.458. The molecule has 94 valence electrons. The lowest BCUT2D eigenvalue weighted by molar-refractivity contribution is 0.158. The third-order valence-electron chi connectivity index (χ3n) is 3.48. The molecule has 3 heteroatoms. The SMILES string of the molecule is CCC(COC)NC1CCc2cc(Br)ccc21. The Morgan fingerprint density at radius 3 is 3.06 bits per heavy atom. The number of ether oxygens (including phenoxy) is 1. The van der Waals surface area contributed by atoms with Crippen LogP contribution in [0.4, 0.5) is 0 Å². The van der Waals surface area contributed by atoms with Crippen molar-refractivity contribution in [3.63, 3.8) is 0 Å². The highest BCUT2D eigenvalue weighted by molar-refractivity contribution is 9.10. The van der Waals surface area contributed by atoms with E-state index in [1.165, 1.54) is 28.4 Å². The normalized spacial score (nSPS) is 20.3. The van der Waals surface area contributed by atoms with Gasteiger partial charge in [0.05, 0.1) is 6.61 Å². The van der Waals surface area contributed by atoms with Crippen molar-refractivity contribution in [1.29, 1.82) is 0 Å². The first-order valence-corrected chi connectivity index (χ1v) is 7.07. The zero-order chi connectivity index (χ0) is 12.3. The van der Waals surface area contributed by atoms with Crippen LogP contribution in [0.2, 0.25) is 0 Å². The van der Waals surface area contributed by atoms with Crippen molar-refractivity contribution in [2.24, 2.45) is 0 Å². The fourth-order valence-corrected chi connectivity index (χ4v) is 2.94. The Bertz CT molecular complexity index is 380. The van der Waals surface area contributed by atoms with Crippen LogP contribution in [0, 0.1) is 0 Å². The Labute approximate surface area is 112 Å². The second-order valence-corrected chi connectivity index (χ2v) is 5.58. The quantitative estimate of drug-likeness (QED) is 0.899. The van der Waals surface area contributed by atoms with Gasteiger partial charge in [0.2, 0.25) is 0 Å². The molecule has 0 fully saturated rings. The molecule has 0 radical (unpaired) electrons. The topological polar surface area (TPSA) is 21.3 Å². The lowest BCUT2D eigenvalue weighted by Gasteiger charge is -2.22. The highest BCUT2D eigenvalue weighted by Gasteiger charge is 2.24. The first-order valence-electron chi connectivity index (χ1n) is 6.28. The van der Waals surface area contributed by atoms with Crippen molar-refractivity contribution in [1.82, 2.24) is 5.32 Å². The minimum Gasteiger partial charge on any atom is -0.383 e. The summed E-state index contributed by atoms with van der Waals surface area (Å²) in [7, 11) is 1.77. The smallest absolute Gasteiger partial charge is 0.0615 e. The van der Waals surface area contributed by atoms with Gasteiger partial charge in [0.15, 0.2) is 0 Å². The van der Waals surface area contributed by atoms with Crippen LogP contribution in [-0.2, 0) is 11.2 Å². The Balaban J connectivity index is 2.06. The average Bonchev–Trinajstić information content (AvgIpc) is 2.71. The van der Waals surface area contributed by atoms with Crippen LogP contribution in [0.25, 0.3) is 0 Å². The van der Waals surface area contributed by atoms with E-state index >= 15 is 0 Å². The highest BCUT2D eigenvalue weighted by Crippen LogP contribution is 2.33. The zero-order valence-corrected chi connectivity index (χ0v) is 12.1. The first-order chi connectivity index (χ1) is 8.24. The summed E-state index contributed by atoms with van der Waals surface area (Å²) >= 11 is 3.53. The Morgan fingerprint density at radius 2 is 2.35 bits per heavy atom. The molecule has 17 heavy (non-hydrogen) atoms. The summed E-state index contributed by atoms with van der Waals surface area (Å²) in [6.07, 6.45) is 3.48. The number of nitrogens with one attached hydrogen (secondary N) is 1. The van der Waals surface area contributed by atoms with Crippen molar-refractivity contribution < 1.29 is 4.74 Å². The lowest BCUT2D eigenvalue weighted by atomic mass is 10.1. The summed E-state index contributed by atoms with van der Waals surface area (Å²) < 4.78 is 6.42. The van der Waals surface area contributed by atoms with E-state index in [1.807, 2.05) is 0 Å². The molecule has 2 rings (SSSR count). The van der Waals surface area contributed by atoms with Crippen LogP contribution in [-0.4, -0.2) is 19.8 Å². The molecule has 1 N–H and O–H groups in total. The van der Waals surface area contributed by atoms with Crippen LogP contribution in [0.15, 0.2) is 22.7 Å². The van der Waals surface area contributed by atoms with Gasteiger partial charge >= 0.3 is 0 Å². The summed E-state index contributed by atoms with van der Waals surface area (Å²) in [5.74, 6) is 0. The number of methoxy groups -OCH3 is 1. The predicted molar refractivity (Wildman–Crippen MR) is 74.3 cm³/mol. The van der Waals surface area contributed by atoms with E-state index in [0.717, 1.165) is 13.0 Å². The van der Waals surface area contributed by atoms with Gasteiger partial charge in [-0.15, -0.1) is 0 Å². The standard InChI is InChI=1S/C14H20BrNO/c1-3-12(9-17-2)16-14-7-4-10-8-11(15)5-6-13(10)14/h5-6,8,12,14,16H,3-4,7,9H2,1-2H3. The molecule has 1 aromatic carbocycles. The monoisotopic (exact) mass is 297 g/mol. The zero-order valence-electron chi connectivity index (χ0n) is 10.5. The number of hydrogen-bond donors (Lipinski definition) is 1. The van der Waals surface area contributed by atoms with Gasteiger partial charge < -0.3 is 10.1 Å². The maximum absolute atomic E-state index is 5.24. The Kier molecular flexibility index (Phi) is 4.60. The summed E-state index contributed by atoms with van der Waals surface area (Å²) in [6, 6.07) is 7.58. The molecule has 2 nitrogen and oxygen atoms in total. The van der Waals surface area contributed by atoms with Crippen LogP contribution < -0.4 is 5.32 Å².